The Bertz CT molecular complexity index is 538. The molecule has 0 aliphatic rings. The highest BCUT2D eigenvalue weighted by molar-refractivity contribution is 7.93. The second-order valence-electron chi connectivity index (χ2n) is 4.13. The fourth-order valence-corrected chi connectivity index (χ4v) is 2.59. The molecule has 0 aliphatic carbocycles. The van der Waals surface area contributed by atoms with E-state index < -0.39 is 15.3 Å². The van der Waals surface area contributed by atoms with Gasteiger partial charge in [0, 0.05) is 7.05 Å². The molecule has 0 amide bonds. The Morgan fingerprint density at radius 1 is 1.24 bits per heavy atom. The molecule has 17 heavy (non-hydrogen) atoms. The maximum absolute atomic E-state index is 12.0. The zero-order chi connectivity index (χ0) is 13.2. The average Bonchev–Trinajstić information content (AvgIpc) is 2.25. The first-order chi connectivity index (χ1) is 7.78. The highest BCUT2D eigenvalue weighted by atomic mass is 32.2. The van der Waals surface area contributed by atoms with Crippen molar-refractivity contribution < 1.29 is 8.42 Å². The van der Waals surface area contributed by atoms with Crippen molar-refractivity contribution in [1.29, 1.82) is 5.26 Å². The van der Waals surface area contributed by atoms with Crippen LogP contribution in [-0.2, 0) is 10.0 Å². The lowest BCUT2D eigenvalue weighted by Crippen LogP contribution is -2.33. The number of hydrogen-bond acceptors (Lipinski definition) is 3. The molecular weight excluding hydrogens is 236 g/mol. The van der Waals surface area contributed by atoms with E-state index in [-0.39, 0.29) is 0 Å². The topological polar surface area (TPSA) is 61.2 Å². The van der Waals surface area contributed by atoms with Crippen LogP contribution in [0.15, 0.2) is 18.2 Å². The van der Waals surface area contributed by atoms with Crippen LogP contribution in [-0.4, -0.2) is 20.7 Å². The molecule has 0 fully saturated rings. The SMILES string of the molecule is Cc1cc(C)cc(N(C)S(=O)(=O)C(C)C#N)c1. The smallest absolute Gasteiger partial charge is 0.251 e. The van der Waals surface area contributed by atoms with Gasteiger partial charge in [0.1, 0.15) is 0 Å². The molecule has 92 valence electrons. The second kappa shape index (κ2) is 4.76. The summed E-state index contributed by atoms with van der Waals surface area (Å²) in [6.07, 6.45) is 0. The largest absolute Gasteiger partial charge is 0.272 e. The van der Waals surface area contributed by atoms with Crippen LogP contribution in [0.4, 0.5) is 5.69 Å². The maximum atomic E-state index is 12.0. The average molecular weight is 252 g/mol. The van der Waals surface area contributed by atoms with Crippen molar-refractivity contribution in [3.05, 3.63) is 29.3 Å². The molecule has 5 heteroatoms. The summed E-state index contributed by atoms with van der Waals surface area (Å²) in [5.41, 5.74) is 2.57. The molecule has 1 rings (SSSR count). The molecular formula is C12H16N2O2S. The Labute approximate surface area is 103 Å². The predicted octanol–water partition coefficient (Wildman–Crippen LogP) is 1.98. The second-order valence-corrected chi connectivity index (χ2v) is 6.41. The molecule has 0 bridgehead atoms. The Hall–Kier alpha value is -1.54. The summed E-state index contributed by atoms with van der Waals surface area (Å²) >= 11 is 0. The van der Waals surface area contributed by atoms with Crippen molar-refractivity contribution in [2.75, 3.05) is 11.4 Å². The first kappa shape index (κ1) is 13.5. The van der Waals surface area contributed by atoms with E-state index in [0.717, 1.165) is 11.1 Å². The lowest BCUT2D eigenvalue weighted by Gasteiger charge is -2.21. The molecule has 0 heterocycles. The van der Waals surface area contributed by atoms with Crippen LogP contribution in [0.3, 0.4) is 0 Å². The zero-order valence-electron chi connectivity index (χ0n) is 10.4. The van der Waals surface area contributed by atoms with Gasteiger partial charge in [-0.25, -0.2) is 8.42 Å². The summed E-state index contributed by atoms with van der Waals surface area (Å²) in [5.74, 6) is 0. The summed E-state index contributed by atoms with van der Waals surface area (Å²) < 4.78 is 25.1. The van der Waals surface area contributed by atoms with E-state index in [4.69, 9.17) is 5.26 Å². The lowest BCUT2D eigenvalue weighted by molar-refractivity contribution is 0.590. The zero-order valence-corrected chi connectivity index (χ0v) is 11.2. The Kier molecular flexibility index (Phi) is 3.79. The minimum absolute atomic E-state index is 0.588. The van der Waals surface area contributed by atoms with Gasteiger partial charge >= 0.3 is 0 Å². The van der Waals surface area contributed by atoms with Crippen LogP contribution in [0.5, 0.6) is 0 Å². The minimum Gasteiger partial charge on any atom is -0.272 e. The number of sulfonamides is 1. The summed E-state index contributed by atoms with van der Waals surface area (Å²) in [4.78, 5) is 0. The van der Waals surface area contributed by atoms with Gasteiger partial charge in [0.15, 0.2) is 5.25 Å². The van der Waals surface area contributed by atoms with Crippen LogP contribution in [0.2, 0.25) is 0 Å². The van der Waals surface area contributed by atoms with E-state index in [0.29, 0.717) is 5.69 Å². The monoisotopic (exact) mass is 252 g/mol. The normalized spacial score (nSPS) is 12.9. The third-order valence-electron chi connectivity index (χ3n) is 2.58. The third-order valence-corrected chi connectivity index (χ3v) is 4.55. The van der Waals surface area contributed by atoms with E-state index in [1.807, 2.05) is 19.9 Å². The third kappa shape index (κ3) is 2.77. The quantitative estimate of drug-likeness (QED) is 0.826. The van der Waals surface area contributed by atoms with Crippen molar-refractivity contribution in [2.45, 2.75) is 26.0 Å². The van der Waals surface area contributed by atoms with Gasteiger partial charge in [-0.15, -0.1) is 0 Å². The van der Waals surface area contributed by atoms with Gasteiger partial charge < -0.3 is 0 Å². The maximum Gasteiger partial charge on any atom is 0.251 e. The molecule has 0 N–H and O–H groups in total. The minimum atomic E-state index is -3.60. The van der Waals surface area contributed by atoms with Crippen LogP contribution in [0, 0.1) is 25.2 Å². The van der Waals surface area contributed by atoms with E-state index >= 15 is 0 Å². The molecule has 4 nitrogen and oxygen atoms in total. The lowest BCUT2D eigenvalue weighted by atomic mass is 10.1. The Balaban J connectivity index is 3.22. The number of anilines is 1. The number of hydrogen-bond donors (Lipinski definition) is 0. The van der Waals surface area contributed by atoms with Crippen molar-refractivity contribution in [2.24, 2.45) is 0 Å². The number of rotatable bonds is 3. The van der Waals surface area contributed by atoms with E-state index in [2.05, 4.69) is 0 Å². The van der Waals surface area contributed by atoms with Gasteiger partial charge in [0.25, 0.3) is 10.0 Å². The molecule has 0 aliphatic heterocycles. The summed E-state index contributed by atoms with van der Waals surface area (Å²) in [6, 6.07) is 7.30. The van der Waals surface area contributed by atoms with Gasteiger partial charge in [-0.2, -0.15) is 5.26 Å². The van der Waals surface area contributed by atoms with E-state index in [9.17, 15) is 8.42 Å². The first-order valence-corrected chi connectivity index (χ1v) is 6.75. The van der Waals surface area contributed by atoms with Crippen LogP contribution >= 0.6 is 0 Å². The molecule has 1 unspecified atom stereocenters. The molecule has 0 aromatic heterocycles. The fourth-order valence-electron chi connectivity index (χ4n) is 1.58. The standard InChI is InChI=1S/C12H16N2O2S/c1-9-5-10(2)7-12(6-9)14(4)17(15,16)11(3)8-13/h5-7,11H,1-4H3. The molecule has 1 aromatic carbocycles. The van der Waals surface area contributed by atoms with Crippen molar-refractivity contribution >= 4 is 15.7 Å². The predicted molar refractivity (Wildman–Crippen MR) is 68.3 cm³/mol. The van der Waals surface area contributed by atoms with Gasteiger partial charge in [-0.3, -0.25) is 4.31 Å². The summed E-state index contributed by atoms with van der Waals surface area (Å²) in [7, 11) is -2.13. The van der Waals surface area contributed by atoms with Gasteiger partial charge in [0.05, 0.1) is 11.8 Å². The number of nitriles is 1. The number of aryl methyl sites for hydroxylation is 2. The summed E-state index contributed by atoms with van der Waals surface area (Å²) in [5, 5.41) is 7.67. The highest BCUT2D eigenvalue weighted by Gasteiger charge is 2.26. The molecule has 0 spiro atoms. The molecule has 0 saturated heterocycles. The van der Waals surface area contributed by atoms with Crippen LogP contribution < -0.4 is 4.31 Å². The first-order valence-electron chi connectivity index (χ1n) is 5.24. The van der Waals surface area contributed by atoms with Gasteiger partial charge in [-0.1, -0.05) is 6.07 Å². The molecule has 1 aromatic rings. The fraction of sp³-hybridized carbons (Fsp3) is 0.417. The number of nitrogens with zero attached hydrogens (tertiary/aromatic N) is 2. The van der Waals surface area contributed by atoms with Crippen LogP contribution in [0.25, 0.3) is 0 Å². The number of benzene rings is 1. The highest BCUT2D eigenvalue weighted by Crippen LogP contribution is 2.21. The van der Waals surface area contributed by atoms with E-state index in [1.54, 1.807) is 18.2 Å². The van der Waals surface area contributed by atoms with E-state index in [1.165, 1.54) is 18.3 Å². The Morgan fingerprint density at radius 3 is 2.12 bits per heavy atom. The molecule has 0 saturated carbocycles. The van der Waals surface area contributed by atoms with Crippen molar-refractivity contribution in [1.82, 2.24) is 0 Å². The Morgan fingerprint density at radius 2 is 1.71 bits per heavy atom. The summed E-state index contributed by atoms with van der Waals surface area (Å²) in [6.45, 7) is 5.20. The molecule has 1 atom stereocenters. The molecule has 0 radical (unpaired) electrons. The van der Waals surface area contributed by atoms with Gasteiger partial charge in [-0.05, 0) is 44.0 Å². The van der Waals surface area contributed by atoms with Crippen LogP contribution in [0.1, 0.15) is 18.1 Å². The van der Waals surface area contributed by atoms with Gasteiger partial charge in [0.2, 0.25) is 0 Å². The van der Waals surface area contributed by atoms with Crippen molar-refractivity contribution in [3.8, 4) is 6.07 Å². The van der Waals surface area contributed by atoms with Crippen molar-refractivity contribution in [3.63, 3.8) is 0 Å².